The molecule has 0 spiro atoms. The molecular formula is C67H123NO10. The van der Waals surface area contributed by atoms with Crippen LogP contribution in [0.5, 0.6) is 0 Å². The van der Waals surface area contributed by atoms with Crippen molar-refractivity contribution in [3.05, 3.63) is 48.6 Å². The highest BCUT2D eigenvalue weighted by Crippen LogP contribution is 2.26. The molecule has 0 aliphatic carbocycles. The fraction of sp³-hybridized carbons (Fsp3) is 0.851. The van der Waals surface area contributed by atoms with Crippen LogP contribution in [-0.2, 0) is 23.8 Å². The maximum atomic E-state index is 13.5. The summed E-state index contributed by atoms with van der Waals surface area (Å²) in [6.45, 7) is 5.77. The second-order valence-corrected chi connectivity index (χ2v) is 22.9. The van der Waals surface area contributed by atoms with Crippen molar-refractivity contribution >= 4 is 11.9 Å². The third kappa shape index (κ3) is 42.5. The first-order valence-electron chi connectivity index (χ1n) is 32.9. The number of allylic oxidation sites excluding steroid dienone is 7. The second kappa shape index (κ2) is 55.2. The topological polar surface area (TPSA) is 175 Å². The highest BCUT2D eigenvalue weighted by molar-refractivity contribution is 5.80. The number of hydrogen-bond donors (Lipinski definition) is 6. The predicted molar refractivity (Wildman–Crippen MR) is 324 cm³/mol. The molecule has 1 aliphatic heterocycles. The lowest BCUT2D eigenvalue weighted by atomic mass is 9.99. The van der Waals surface area contributed by atoms with Gasteiger partial charge in [0.05, 0.1) is 25.4 Å². The van der Waals surface area contributed by atoms with Gasteiger partial charge in [0.2, 0.25) is 5.91 Å². The molecule has 0 bridgehead atoms. The highest BCUT2D eigenvalue weighted by Gasteiger charge is 2.47. The number of esters is 1. The summed E-state index contributed by atoms with van der Waals surface area (Å²) < 4.78 is 17.6. The minimum atomic E-state index is -1.62. The number of aliphatic hydroxyl groups excluding tert-OH is 5. The molecule has 1 rings (SSSR count). The van der Waals surface area contributed by atoms with E-state index in [0.717, 1.165) is 83.5 Å². The van der Waals surface area contributed by atoms with E-state index in [1.54, 1.807) is 6.08 Å². The standard InChI is InChI=1S/C67H123NO10/c1-4-7-10-13-16-19-22-25-27-28-29-30-31-32-33-35-36-39-42-45-48-51-54-60(71)66(75)68-58(59(70)53-50-47-44-41-38-24-21-18-15-12-9-6-3)57-76-67-65(64(74)63(73)61(56-69)77-67)78-62(72)55-52-49-46-43-40-37-34-26-23-20-17-14-11-8-5-2/h17,20,23,25-27,50,53,58-61,63-65,67,69-71,73-74H,4-16,18-19,21-22,24,28-49,51-52,54-57H2,1-3H3,(H,68,75)/b20-17+,26-23+,27-25+,53-50+. The molecule has 1 heterocycles. The average molecular weight is 1100 g/mol. The van der Waals surface area contributed by atoms with Gasteiger partial charge in [-0.05, 0) is 77.0 Å². The van der Waals surface area contributed by atoms with Gasteiger partial charge in [-0.2, -0.15) is 0 Å². The maximum Gasteiger partial charge on any atom is 0.306 e. The molecule has 456 valence electrons. The molecule has 11 nitrogen and oxygen atoms in total. The number of ether oxygens (including phenoxy) is 3. The molecule has 1 aliphatic rings. The maximum absolute atomic E-state index is 13.5. The van der Waals surface area contributed by atoms with Crippen molar-refractivity contribution in [3.8, 4) is 0 Å². The summed E-state index contributed by atoms with van der Waals surface area (Å²) in [5, 5.41) is 57.1. The third-order valence-corrected chi connectivity index (χ3v) is 15.5. The lowest BCUT2D eigenvalue weighted by Gasteiger charge is -2.41. The Morgan fingerprint density at radius 1 is 0.500 bits per heavy atom. The van der Waals surface area contributed by atoms with E-state index >= 15 is 0 Å². The summed E-state index contributed by atoms with van der Waals surface area (Å²) in [7, 11) is 0. The first-order chi connectivity index (χ1) is 38.2. The van der Waals surface area contributed by atoms with Gasteiger partial charge < -0.3 is 45.1 Å². The molecule has 0 aromatic heterocycles. The zero-order valence-corrected chi connectivity index (χ0v) is 50.5. The van der Waals surface area contributed by atoms with Crippen molar-refractivity contribution in [2.45, 2.75) is 352 Å². The van der Waals surface area contributed by atoms with Crippen LogP contribution >= 0.6 is 0 Å². The number of aliphatic hydroxyl groups is 5. The van der Waals surface area contributed by atoms with Gasteiger partial charge in [-0.25, -0.2) is 0 Å². The van der Waals surface area contributed by atoms with Crippen LogP contribution in [0.4, 0.5) is 0 Å². The Balaban J connectivity index is 2.62. The lowest BCUT2D eigenvalue weighted by molar-refractivity contribution is -0.305. The summed E-state index contributed by atoms with van der Waals surface area (Å²) in [5.74, 6) is -1.20. The largest absolute Gasteiger partial charge is 0.454 e. The number of amides is 1. The van der Waals surface area contributed by atoms with Crippen LogP contribution in [-0.4, -0.2) is 99.6 Å². The van der Waals surface area contributed by atoms with Gasteiger partial charge in [0, 0.05) is 6.42 Å². The number of unbranched alkanes of at least 4 members (excludes halogenated alkanes) is 37. The van der Waals surface area contributed by atoms with Crippen molar-refractivity contribution in [1.29, 1.82) is 0 Å². The Kier molecular flexibility index (Phi) is 52.1. The van der Waals surface area contributed by atoms with Crippen molar-refractivity contribution < 1.29 is 49.3 Å². The van der Waals surface area contributed by atoms with Gasteiger partial charge in [-0.3, -0.25) is 9.59 Å². The molecule has 0 saturated carbocycles. The molecule has 11 heteroatoms. The molecule has 1 amide bonds. The average Bonchev–Trinajstić information content (AvgIpc) is 3.45. The van der Waals surface area contributed by atoms with Crippen molar-refractivity contribution in [2.24, 2.45) is 0 Å². The zero-order valence-electron chi connectivity index (χ0n) is 50.5. The van der Waals surface area contributed by atoms with Gasteiger partial charge in [-0.15, -0.1) is 0 Å². The molecule has 8 atom stereocenters. The van der Waals surface area contributed by atoms with Gasteiger partial charge in [0.25, 0.3) is 0 Å². The first kappa shape index (κ1) is 73.6. The summed E-state index contributed by atoms with van der Waals surface area (Å²) in [6.07, 6.45) is 57.2. The Labute approximate surface area is 478 Å². The molecule has 1 fully saturated rings. The van der Waals surface area contributed by atoms with Gasteiger partial charge in [0.15, 0.2) is 12.4 Å². The second-order valence-electron chi connectivity index (χ2n) is 22.9. The van der Waals surface area contributed by atoms with E-state index in [0.29, 0.717) is 19.3 Å². The third-order valence-electron chi connectivity index (χ3n) is 15.5. The van der Waals surface area contributed by atoms with E-state index in [-0.39, 0.29) is 13.0 Å². The molecule has 8 unspecified atom stereocenters. The van der Waals surface area contributed by atoms with Crippen LogP contribution < -0.4 is 5.32 Å². The van der Waals surface area contributed by atoms with E-state index in [9.17, 15) is 35.1 Å². The normalized spacial score (nSPS) is 19.2. The van der Waals surface area contributed by atoms with E-state index in [1.807, 2.05) is 6.08 Å². The molecule has 0 aromatic rings. The number of carbonyl (C=O) groups excluding carboxylic acids is 2. The number of carbonyl (C=O) groups is 2. The van der Waals surface area contributed by atoms with Gasteiger partial charge in [-0.1, -0.05) is 268 Å². The van der Waals surface area contributed by atoms with Gasteiger partial charge in [0.1, 0.15) is 24.4 Å². The number of rotatable bonds is 56. The van der Waals surface area contributed by atoms with Crippen LogP contribution in [0, 0.1) is 0 Å². The van der Waals surface area contributed by atoms with Crippen LogP contribution in [0.2, 0.25) is 0 Å². The molecular weight excluding hydrogens is 979 g/mol. The van der Waals surface area contributed by atoms with Crippen LogP contribution in [0.1, 0.15) is 303 Å². The number of nitrogens with one attached hydrogen (secondary N) is 1. The van der Waals surface area contributed by atoms with Crippen molar-refractivity contribution in [1.82, 2.24) is 5.32 Å². The quantitative estimate of drug-likeness (QED) is 0.0149. The monoisotopic (exact) mass is 1100 g/mol. The van der Waals surface area contributed by atoms with Crippen LogP contribution in [0.3, 0.4) is 0 Å². The highest BCUT2D eigenvalue weighted by atomic mass is 16.7. The minimum absolute atomic E-state index is 0.111. The SMILES string of the molecule is CCCCC/C=C/C=C/CCCCCCCCC(=O)OC1C(OCC(NC(=O)C(O)CCCCCCCCCCCCCC/C=C/CCCCCCCC)C(O)/C=C/CCCCCCCCCCCC)OC(CO)C(O)C1O. The fourth-order valence-corrected chi connectivity index (χ4v) is 10.2. The molecule has 0 aromatic carbocycles. The number of hydrogen-bond acceptors (Lipinski definition) is 10. The van der Waals surface area contributed by atoms with Gasteiger partial charge >= 0.3 is 5.97 Å². The molecule has 78 heavy (non-hydrogen) atoms. The van der Waals surface area contributed by atoms with E-state index in [1.165, 1.54) is 173 Å². The van der Waals surface area contributed by atoms with Crippen molar-refractivity contribution in [3.63, 3.8) is 0 Å². The van der Waals surface area contributed by atoms with Crippen molar-refractivity contribution in [2.75, 3.05) is 13.2 Å². The summed E-state index contributed by atoms with van der Waals surface area (Å²) in [4.78, 5) is 26.6. The molecule has 1 saturated heterocycles. The smallest absolute Gasteiger partial charge is 0.306 e. The Hall–Kier alpha value is -2.38. The molecule has 0 radical (unpaired) electrons. The van der Waals surface area contributed by atoms with E-state index in [4.69, 9.17) is 14.2 Å². The Morgan fingerprint density at radius 2 is 0.885 bits per heavy atom. The van der Waals surface area contributed by atoms with Crippen LogP contribution in [0.25, 0.3) is 0 Å². The van der Waals surface area contributed by atoms with E-state index < -0.39 is 67.4 Å². The minimum Gasteiger partial charge on any atom is -0.454 e. The Morgan fingerprint density at radius 3 is 1.35 bits per heavy atom. The first-order valence-corrected chi connectivity index (χ1v) is 32.9. The summed E-state index contributed by atoms with van der Waals surface area (Å²) >= 11 is 0. The summed E-state index contributed by atoms with van der Waals surface area (Å²) in [5.41, 5.74) is 0. The zero-order chi connectivity index (χ0) is 56.8. The fourth-order valence-electron chi connectivity index (χ4n) is 10.2. The van der Waals surface area contributed by atoms with E-state index in [2.05, 4.69) is 62.5 Å². The lowest BCUT2D eigenvalue weighted by Crippen LogP contribution is -2.61. The Bertz CT molecular complexity index is 1450. The molecule has 6 N–H and O–H groups in total. The summed E-state index contributed by atoms with van der Waals surface area (Å²) in [6, 6.07) is -1.03. The predicted octanol–water partition coefficient (Wildman–Crippen LogP) is 16.0. The van der Waals surface area contributed by atoms with Crippen LogP contribution in [0.15, 0.2) is 48.6 Å².